The number of halogens is 1. The molecular weight excluding hydrogens is 342 g/mol. The number of hydrogen-bond donors (Lipinski definition) is 0. The van der Waals surface area contributed by atoms with Crippen LogP contribution < -0.4 is 0 Å². The average Bonchev–Trinajstić information content (AvgIpc) is 3.03. The summed E-state index contributed by atoms with van der Waals surface area (Å²) in [5.41, 5.74) is 2.26. The van der Waals surface area contributed by atoms with E-state index in [1.807, 2.05) is 54.6 Å². The number of ether oxygens (including phenoxy) is 1. The highest BCUT2D eigenvalue weighted by atomic mass is 35.5. The smallest absolute Gasteiger partial charge is 0.191 e. The fraction of sp³-hybridized carbons (Fsp3) is 0.222. The van der Waals surface area contributed by atoms with Crippen molar-refractivity contribution in [3.63, 3.8) is 0 Å². The number of hydrogen-bond acceptors (Lipinski definition) is 4. The van der Waals surface area contributed by atoms with Gasteiger partial charge in [-0.05, 0) is 17.7 Å². The third-order valence-corrected chi connectivity index (χ3v) is 4.84. The lowest BCUT2D eigenvalue weighted by molar-refractivity contribution is 0.185. The normalized spacial score (nSPS) is 10.9. The highest BCUT2D eigenvalue weighted by molar-refractivity contribution is 7.98. The lowest BCUT2D eigenvalue weighted by atomic mass is 10.2. The lowest BCUT2D eigenvalue weighted by Crippen LogP contribution is -2.07. The van der Waals surface area contributed by atoms with Gasteiger partial charge in [-0.2, -0.15) is 0 Å². The molecule has 24 heavy (non-hydrogen) atoms. The molecule has 0 atom stereocenters. The number of benzene rings is 2. The van der Waals surface area contributed by atoms with Crippen LogP contribution in [0.1, 0.15) is 5.56 Å². The number of rotatable bonds is 7. The SMILES string of the molecule is COCCn1c(SCc2ccc(Cl)cc2)nnc1-c1ccccc1. The minimum Gasteiger partial charge on any atom is -0.383 e. The molecule has 0 aliphatic rings. The Hall–Kier alpha value is -1.82. The Balaban J connectivity index is 1.81. The van der Waals surface area contributed by atoms with Crippen LogP contribution in [0.3, 0.4) is 0 Å². The minimum atomic E-state index is 0.617. The molecule has 124 valence electrons. The molecular formula is C18H18ClN3OS. The molecule has 1 heterocycles. The van der Waals surface area contributed by atoms with Gasteiger partial charge < -0.3 is 4.74 Å². The van der Waals surface area contributed by atoms with Gasteiger partial charge in [0.05, 0.1) is 13.2 Å². The second-order valence-electron chi connectivity index (χ2n) is 5.23. The molecule has 0 saturated heterocycles. The Labute approximate surface area is 150 Å². The van der Waals surface area contributed by atoms with E-state index in [4.69, 9.17) is 16.3 Å². The molecule has 0 N–H and O–H groups in total. The van der Waals surface area contributed by atoms with Crippen molar-refractivity contribution >= 4 is 23.4 Å². The van der Waals surface area contributed by atoms with Crippen LogP contribution in [0.5, 0.6) is 0 Å². The van der Waals surface area contributed by atoms with Gasteiger partial charge >= 0.3 is 0 Å². The van der Waals surface area contributed by atoms with Gasteiger partial charge in [-0.25, -0.2) is 0 Å². The zero-order valence-electron chi connectivity index (χ0n) is 13.4. The maximum atomic E-state index is 5.94. The summed E-state index contributed by atoms with van der Waals surface area (Å²) in [6.45, 7) is 1.34. The van der Waals surface area contributed by atoms with Crippen molar-refractivity contribution in [2.75, 3.05) is 13.7 Å². The molecule has 0 radical (unpaired) electrons. The van der Waals surface area contributed by atoms with E-state index < -0.39 is 0 Å². The summed E-state index contributed by atoms with van der Waals surface area (Å²) in [5, 5.41) is 10.4. The Kier molecular flexibility index (Phi) is 5.91. The molecule has 0 fully saturated rings. The quantitative estimate of drug-likeness (QED) is 0.581. The first-order valence-electron chi connectivity index (χ1n) is 7.62. The molecule has 3 rings (SSSR count). The van der Waals surface area contributed by atoms with Crippen LogP contribution in [-0.2, 0) is 17.0 Å². The maximum absolute atomic E-state index is 5.94. The second kappa shape index (κ2) is 8.33. The number of aromatic nitrogens is 3. The summed E-state index contributed by atoms with van der Waals surface area (Å²) < 4.78 is 7.35. The van der Waals surface area contributed by atoms with Gasteiger partial charge in [0.1, 0.15) is 0 Å². The molecule has 0 spiro atoms. The molecule has 0 bridgehead atoms. The van der Waals surface area contributed by atoms with Crippen LogP contribution in [0.4, 0.5) is 0 Å². The third kappa shape index (κ3) is 4.17. The molecule has 4 nitrogen and oxygen atoms in total. The summed E-state index contributed by atoms with van der Waals surface area (Å²) in [6, 6.07) is 18.0. The minimum absolute atomic E-state index is 0.617. The van der Waals surface area contributed by atoms with Gasteiger partial charge in [0.15, 0.2) is 11.0 Å². The van der Waals surface area contributed by atoms with Crippen LogP contribution in [0, 0.1) is 0 Å². The summed E-state index contributed by atoms with van der Waals surface area (Å²) in [4.78, 5) is 0. The van der Waals surface area contributed by atoms with E-state index in [-0.39, 0.29) is 0 Å². The van der Waals surface area contributed by atoms with Crippen LogP contribution in [0.25, 0.3) is 11.4 Å². The van der Waals surface area contributed by atoms with Gasteiger partial charge in [-0.15, -0.1) is 10.2 Å². The third-order valence-electron chi connectivity index (χ3n) is 3.55. The van der Waals surface area contributed by atoms with E-state index in [2.05, 4.69) is 14.8 Å². The Morgan fingerprint density at radius 3 is 2.50 bits per heavy atom. The predicted molar refractivity (Wildman–Crippen MR) is 98.3 cm³/mol. The Bertz CT molecular complexity index is 775. The Morgan fingerprint density at radius 1 is 1.04 bits per heavy atom. The maximum Gasteiger partial charge on any atom is 0.191 e. The molecule has 3 aromatic rings. The fourth-order valence-electron chi connectivity index (χ4n) is 2.31. The zero-order valence-corrected chi connectivity index (χ0v) is 14.9. The van der Waals surface area contributed by atoms with Crippen molar-refractivity contribution < 1.29 is 4.74 Å². The largest absolute Gasteiger partial charge is 0.383 e. The fourth-order valence-corrected chi connectivity index (χ4v) is 3.36. The van der Waals surface area contributed by atoms with Gasteiger partial charge in [-0.3, -0.25) is 4.57 Å². The van der Waals surface area contributed by atoms with E-state index in [0.29, 0.717) is 6.61 Å². The first-order valence-corrected chi connectivity index (χ1v) is 8.99. The molecule has 1 aromatic heterocycles. The van der Waals surface area contributed by atoms with Gasteiger partial charge in [-0.1, -0.05) is 65.8 Å². The van der Waals surface area contributed by atoms with E-state index >= 15 is 0 Å². The van der Waals surface area contributed by atoms with Crippen LogP contribution in [0.2, 0.25) is 5.02 Å². The topological polar surface area (TPSA) is 39.9 Å². The monoisotopic (exact) mass is 359 g/mol. The van der Waals surface area contributed by atoms with Gasteiger partial charge in [0.2, 0.25) is 0 Å². The van der Waals surface area contributed by atoms with Gasteiger partial charge in [0.25, 0.3) is 0 Å². The average molecular weight is 360 g/mol. The van der Waals surface area contributed by atoms with Crippen molar-refractivity contribution in [3.05, 3.63) is 65.2 Å². The number of thioether (sulfide) groups is 1. The van der Waals surface area contributed by atoms with E-state index in [9.17, 15) is 0 Å². The molecule has 0 amide bonds. The van der Waals surface area contributed by atoms with E-state index in [1.54, 1.807) is 18.9 Å². The Morgan fingerprint density at radius 2 is 1.79 bits per heavy atom. The molecule has 0 saturated carbocycles. The van der Waals surface area contributed by atoms with Gasteiger partial charge in [0, 0.05) is 23.4 Å². The van der Waals surface area contributed by atoms with Crippen LogP contribution >= 0.6 is 23.4 Å². The van der Waals surface area contributed by atoms with Crippen LogP contribution in [-0.4, -0.2) is 28.5 Å². The highest BCUT2D eigenvalue weighted by Gasteiger charge is 2.14. The zero-order chi connectivity index (χ0) is 16.8. The lowest BCUT2D eigenvalue weighted by Gasteiger charge is -2.09. The standard InChI is InChI=1S/C18H18ClN3OS/c1-23-12-11-22-17(15-5-3-2-4-6-15)20-21-18(22)24-13-14-7-9-16(19)10-8-14/h2-10H,11-13H2,1H3. The molecule has 2 aromatic carbocycles. The number of methoxy groups -OCH3 is 1. The predicted octanol–water partition coefficient (Wildman–Crippen LogP) is 4.54. The van der Waals surface area contributed by atoms with Crippen molar-refractivity contribution in [2.45, 2.75) is 17.5 Å². The summed E-state index contributed by atoms with van der Waals surface area (Å²) in [7, 11) is 1.70. The molecule has 6 heteroatoms. The van der Waals surface area contributed by atoms with Crippen molar-refractivity contribution in [3.8, 4) is 11.4 Å². The first-order chi connectivity index (χ1) is 11.8. The molecule has 0 unspecified atom stereocenters. The number of nitrogens with zero attached hydrogens (tertiary/aromatic N) is 3. The van der Waals surface area contributed by atoms with E-state index in [1.165, 1.54) is 5.56 Å². The van der Waals surface area contributed by atoms with Crippen molar-refractivity contribution in [1.29, 1.82) is 0 Å². The summed E-state index contributed by atoms with van der Waals surface area (Å²) in [5.74, 6) is 1.68. The van der Waals surface area contributed by atoms with Crippen LogP contribution in [0.15, 0.2) is 59.8 Å². The first kappa shape index (κ1) is 17.0. The van der Waals surface area contributed by atoms with Crippen molar-refractivity contribution in [1.82, 2.24) is 14.8 Å². The summed E-state index contributed by atoms with van der Waals surface area (Å²) in [6.07, 6.45) is 0. The molecule has 0 aliphatic heterocycles. The molecule has 0 aliphatic carbocycles. The highest BCUT2D eigenvalue weighted by Crippen LogP contribution is 2.26. The second-order valence-corrected chi connectivity index (χ2v) is 6.61. The summed E-state index contributed by atoms with van der Waals surface area (Å²) >= 11 is 7.60. The van der Waals surface area contributed by atoms with Crippen molar-refractivity contribution in [2.24, 2.45) is 0 Å². The van der Waals surface area contributed by atoms with E-state index in [0.717, 1.165) is 33.9 Å².